The molecule has 2 aliphatic heterocycles. The van der Waals surface area contributed by atoms with Gasteiger partial charge in [-0.1, -0.05) is 31.2 Å². The minimum atomic E-state index is 0.678. The summed E-state index contributed by atoms with van der Waals surface area (Å²) in [5.41, 5.74) is 2.87. The van der Waals surface area contributed by atoms with Crippen LogP contribution in [0.1, 0.15) is 37.8 Å². The van der Waals surface area contributed by atoms with Crippen LogP contribution in [0.5, 0.6) is 0 Å². The van der Waals surface area contributed by atoms with Gasteiger partial charge in [-0.05, 0) is 44.0 Å². The minimum absolute atomic E-state index is 0.678. The Morgan fingerprint density at radius 1 is 1.24 bits per heavy atom. The van der Waals surface area contributed by atoms with Gasteiger partial charge in [-0.3, -0.25) is 9.80 Å². The van der Waals surface area contributed by atoms with E-state index in [1.54, 1.807) is 0 Å². The molecule has 0 amide bonds. The van der Waals surface area contributed by atoms with E-state index in [0.717, 1.165) is 25.7 Å². The number of rotatable bonds is 5. The maximum atomic E-state index is 3.41. The molecule has 2 unspecified atom stereocenters. The van der Waals surface area contributed by atoms with Gasteiger partial charge in [0.15, 0.2) is 0 Å². The number of nitrogens with one attached hydrogen (secondary N) is 1. The Bertz CT molecular complexity index is 460. The average molecular weight is 287 g/mol. The van der Waals surface area contributed by atoms with Crippen molar-refractivity contribution in [1.29, 1.82) is 0 Å². The molecule has 1 aromatic carbocycles. The summed E-state index contributed by atoms with van der Waals surface area (Å²) in [5.74, 6) is 0. The highest BCUT2D eigenvalue weighted by Crippen LogP contribution is 2.25. The van der Waals surface area contributed by atoms with Crippen molar-refractivity contribution in [3.05, 3.63) is 35.4 Å². The number of piperazine rings is 1. The van der Waals surface area contributed by atoms with E-state index in [1.807, 2.05) is 0 Å². The first-order valence-corrected chi connectivity index (χ1v) is 8.53. The molecule has 2 saturated heterocycles. The van der Waals surface area contributed by atoms with Crippen LogP contribution >= 0.6 is 0 Å². The SMILES string of the molecule is CCNCc1cccc(CN2CC3CCCN3CC2C)c1. The van der Waals surface area contributed by atoms with Crippen molar-refractivity contribution in [2.24, 2.45) is 0 Å². The molecule has 2 atom stereocenters. The predicted molar refractivity (Wildman–Crippen MR) is 88.3 cm³/mol. The molecule has 21 heavy (non-hydrogen) atoms. The molecule has 1 aromatic rings. The van der Waals surface area contributed by atoms with E-state index in [-0.39, 0.29) is 0 Å². The lowest BCUT2D eigenvalue weighted by Crippen LogP contribution is -2.54. The number of benzene rings is 1. The van der Waals surface area contributed by atoms with Crippen LogP contribution < -0.4 is 5.32 Å². The summed E-state index contributed by atoms with van der Waals surface area (Å²) in [5, 5.41) is 3.41. The smallest absolute Gasteiger partial charge is 0.0237 e. The van der Waals surface area contributed by atoms with Crippen molar-refractivity contribution in [3.63, 3.8) is 0 Å². The van der Waals surface area contributed by atoms with Gasteiger partial charge in [-0.2, -0.15) is 0 Å². The normalized spacial score (nSPS) is 27.0. The quantitative estimate of drug-likeness (QED) is 0.897. The molecule has 2 fully saturated rings. The molecule has 0 aromatic heterocycles. The molecule has 3 nitrogen and oxygen atoms in total. The van der Waals surface area contributed by atoms with Crippen molar-refractivity contribution >= 4 is 0 Å². The zero-order valence-electron chi connectivity index (χ0n) is 13.5. The van der Waals surface area contributed by atoms with Crippen molar-refractivity contribution in [1.82, 2.24) is 15.1 Å². The first-order chi connectivity index (χ1) is 10.3. The van der Waals surface area contributed by atoms with Crippen LogP contribution in [-0.4, -0.2) is 48.1 Å². The van der Waals surface area contributed by atoms with E-state index in [1.165, 1.54) is 43.6 Å². The topological polar surface area (TPSA) is 18.5 Å². The molecule has 3 rings (SSSR count). The summed E-state index contributed by atoms with van der Waals surface area (Å²) < 4.78 is 0. The Kier molecular flexibility index (Phi) is 4.94. The molecule has 116 valence electrons. The zero-order chi connectivity index (χ0) is 14.7. The van der Waals surface area contributed by atoms with Crippen molar-refractivity contribution < 1.29 is 0 Å². The maximum absolute atomic E-state index is 3.41. The average Bonchev–Trinajstić information content (AvgIpc) is 2.93. The second-order valence-corrected chi connectivity index (χ2v) is 6.67. The zero-order valence-corrected chi connectivity index (χ0v) is 13.5. The Hall–Kier alpha value is -0.900. The van der Waals surface area contributed by atoms with Gasteiger partial charge in [0.2, 0.25) is 0 Å². The van der Waals surface area contributed by atoms with E-state index in [0.29, 0.717) is 6.04 Å². The number of nitrogens with zero attached hydrogens (tertiary/aromatic N) is 2. The summed E-state index contributed by atoms with van der Waals surface area (Å²) in [4.78, 5) is 5.38. The van der Waals surface area contributed by atoms with Crippen LogP contribution in [0.25, 0.3) is 0 Å². The lowest BCUT2D eigenvalue weighted by atomic mass is 10.1. The largest absolute Gasteiger partial charge is 0.313 e. The van der Waals surface area contributed by atoms with E-state index in [9.17, 15) is 0 Å². The van der Waals surface area contributed by atoms with E-state index in [4.69, 9.17) is 0 Å². The van der Waals surface area contributed by atoms with Gasteiger partial charge in [-0.25, -0.2) is 0 Å². The van der Waals surface area contributed by atoms with Gasteiger partial charge in [0, 0.05) is 38.3 Å². The minimum Gasteiger partial charge on any atom is -0.313 e. The van der Waals surface area contributed by atoms with Gasteiger partial charge in [-0.15, -0.1) is 0 Å². The highest BCUT2D eigenvalue weighted by molar-refractivity contribution is 5.23. The molecule has 0 radical (unpaired) electrons. The van der Waals surface area contributed by atoms with E-state index < -0.39 is 0 Å². The summed E-state index contributed by atoms with van der Waals surface area (Å²) >= 11 is 0. The molecule has 2 heterocycles. The molecular formula is C18H29N3. The second-order valence-electron chi connectivity index (χ2n) is 6.67. The van der Waals surface area contributed by atoms with Gasteiger partial charge in [0.1, 0.15) is 0 Å². The van der Waals surface area contributed by atoms with Gasteiger partial charge < -0.3 is 5.32 Å². The molecule has 2 aliphatic rings. The fourth-order valence-corrected chi connectivity index (χ4v) is 3.81. The molecule has 0 saturated carbocycles. The fraction of sp³-hybridized carbons (Fsp3) is 0.667. The van der Waals surface area contributed by atoms with Crippen molar-refractivity contribution in [2.45, 2.75) is 51.9 Å². The van der Waals surface area contributed by atoms with E-state index >= 15 is 0 Å². The maximum Gasteiger partial charge on any atom is 0.0237 e. The summed E-state index contributed by atoms with van der Waals surface area (Å²) in [7, 11) is 0. The Labute approximate surface area is 129 Å². The van der Waals surface area contributed by atoms with E-state index in [2.05, 4.69) is 53.2 Å². The van der Waals surface area contributed by atoms with Crippen molar-refractivity contribution in [2.75, 3.05) is 26.2 Å². The monoisotopic (exact) mass is 287 g/mol. The Morgan fingerprint density at radius 2 is 2.10 bits per heavy atom. The third kappa shape index (κ3) is 3.65. The third-order valence-corrected chi connectivity index (χ3v) is 5.02. The summed E-state index contributed by atoms with van der Waals surface area (Å²) in [6.07, 6.45) is 2.78. The van der Waals surface area contributed by atoms with Gasteiger partial charge in [0.05, 0.1) is 0 Å². The lowest BCUT2D eigenvalue weighted by Gasteiger charge is -2.42. The van der Waals surface area contributed by atoms with Crippen LogP contribution in [0.4, 0.5) is 0 Å². The highest BCUT2D eigenvalue weighted by Gasteiger charge is 2.34. The number of fused-ring (bicyclic) bond motifs is 1. The van der Waals surface area contributed by atoms with Crippen LogP contribution in [0, 0.1) is 0 Å². The van der Waals surface area contributed by atoms with Crippen LogP contribution in [0.2, 0.25) is 0 Å². The lowest BCUT2D eigenvalue weighted by molar-refractivity contribution is 0.0540. The van der Waals surface area contributed by atoms with Crippen LogP contribution in [0.3, 0.4) is 0 Å². The molecule has 0 aliphatic carbocycles. The Morgan fingerprint density at radius 3 is 2.95 bits per heavy atom. The molecule has 0 spiro atoms. The standard InChI is InChI=1S/C18H29N3/c1-3-19-11-16-6-4-7-17(10-16)13-21-14-18-8-5-9-20(18)12-15(21)2/h4,6-7,10,15,18-19H,3,5,8-9,11-14H2,1-2H3. The summed E-state index contributed by atoms with van der Waals surface area (Å²) in [6.45, 7) is 11.5. The number of hydrogen-bond acceptors (Lipinski definition) is 3. The predicted octanol–water partition coefficient (Wildman–Crippen LogP) is 2.46. The highest BCUT2D eigenvalue weighted by atomic mass is 15.3. The molecule has 1 N–H and O–H groups in total. The van der Waals surface area contributed by atoms with Gasteiger partial charge >= 0.3 is 0 Å². The third-order valence-electron chi connectivity index (χ3n) is 5.02. The van der Waals surface area contributed by atoms with Crippen molar-refractivity contribution in [3.8, 4) is 0 Å². The fourth-order valence-electron chi connectivity index (χ4n) is 3.81. The Balaban J connectivity index is 1.62. The molecule has 0 bridgehead atoms. The first-order valence-electron chi connectivity index (χ1n) is 8.53. The van der Waals surface area contributed by atoms with Crippen LogP contribution in [-0.2, 0) is 13.1 Å². The first kappa shape index (κ1) is 15.0. The number of hydrogen-bond donors (Lipinski definition) is 1. The molecular weight excluding hydrogens is 258 g/mol. The molecule has 3 heteroatoms. The second kappa shape index (κ2) is 6.91. The van der Waals surface area contributed by atoms with Crippen LogP contribution in [0.15, 0.2) is 24.3 Å². The van der Waals surface area contributed by atoms with Gasteiger partial charge in [0.25, 0.3) is 0 Å². The summed E-state index contributed by atoms with van der Waals surface area (Å²) in [6, 6.07) is 10.6.